The zero-order chi connectivity index (χ0) is 16.8. The van der Waals surface area contributed by atoms with E-state index in [0.717, 1.165) is 30.1 Å². The van der Waals surface area contributed by atoms with Crippen molar-refractivity contribution in [3.63, 3.8) is 0 Å². The van der Waals surface area contributed by atoms with E-state index in [1.807, 2.05) is 24.4 Å². The maximum Gasteiger partial charge on any atom is 0.222 e. The number of hydrogen-bond donors (Lipinski definition) is 1. The summed E-state index contributed by atoms with van der Waals surface area (Å²) in [4.78, 5) is 15.1. The molecule has 7 nitrogen and oxygen atoms in total. The van der Waals surface area contributed by atoms with Crippen molar-refractivity contribution in [1.82, 2.24) is 15.0 Å². The Morgan fingerprint density at radius 1 is 1.42 bits per heavy atom. The monoisotopic (exact) mass is 329 g/mol. The van der Waals surface area contributed by atoms with E-state index in [9.17, 15) is 0 Å². The predicted molar refractivity (Wildman–Crippen MR) is 91.8 cm³/mol. The molecule has 24 heavy (non-hydrogen) atoms. The van der Waals surface area contributed by atoms with Gasteiger partial charge in [-0.2, -0.15) is 4.98 Å². The summed E-state index contributed by atoms with van der Waals surface area (Å²) in [7, 11) is 1.69. The van der Waals surface area contributed by atoms with Crippen LogP contribution in [-0.2, 0) is 16.0 Å². The van der Waals surface area contributed by atoms with Crippen molar-refractivity contribution < 1.29 is 9.47 Å². The van der Waals surface area contributed by atoms with E-state index in [4.69, 9.17) is 15.2 Å². The first kappa shape index (κ1) is 16.6. The molecule has 1 fully saturated rings. The van der Waals surface area contributed by atoms with Crippen molar-refractivity contribution in [2.45, 2.75) is 18.9 Å². The summed E-state index contributed by atoms with van der Waals surface area (Å²) in [6, 6.07) is 5.99. The van der Waals surface area contributed by atoms with Crippen LogP contribution >= 0.6 is 0 Å². The van der Waals surface area contributed by atoms with Crippen LogP contribution in [0.5, 0.6) is 0 Å². The van der Waals surface area contributed by atoms with Crippen molar-refractivity contribution in [1.29, 1.82) is 0 Å². The van der Waals surface area contributed by atoms with Crippen molar-refractivity contribution in [3.8, 4) is 0 Å². The summed E-state index contributed by atoms with van der Waals surface area (Å²) in [5.41, 5.74) is 8.01. The Balaban J connectivity index is 1.85. The molecule has 1 aliphatic rings. The van der Waals surface area contributed by atoms with Crippen LogP contribution in [-0.4, -0.2) is 48.4 Å². The highest BCUT2D eigenvalue weighted by Gasteiger charge is 2.21. The maximum atomic E-state index is 5.95. The molecule has 0 unspecified atom stereocenters. The summed E-state index contributed by atoms with van der Waals surface area (Å²) in [6.07, 6.45) is 4.59. The Labute approximate surface area is 141 Å². The minimum Gasteiger partial charge on any atom is -0.383 e. The number of aromatic nitrogens is 3. The molecule has 1 saturated heterocycles. The van der Waals surface area contributed by atoms with E-state index in [1.54, 1.807) is 13.3 Å². The SMILES string of the molecule is COCCN(Cc1cccnc1)c1cc([C@@H]2CCOC2)nc(N)n1. The Kier molecular flexibility index (Phi) is 5.55. The van der Waals surface area contributed by atoms with E-state index in [-0.39, 0.29) is 5.92 Å². The third-order valence-electron chi connectivity index (χ3n) is 4.08. The van der Waals surface area contributed by atoms with Gasteiger partial charge in [-0.1, -0.05) is 6.07 Å². The average Bonchev–Trinajstić information content (AvgIpc) is 3.13. The summed E-state index contributed by atoms with van der Waals surface area (Å²) < 4.78 is 10.7. The third-order valence-corrected chi connectivity index (χ3v) is 4.08. The molecule has 1 atom stereocenters. The Morgan fingerprint density at radius 3 is 3.04 bits per heavy atom. The van der Waals surface area contributed by atoms with E-state index in [2.05, 4.69) is 19.9 Å². The molecule has 128 valence electrons. The summed E-state index contributed by atoms with van der Waals surface area (Å²) in [6.45, 7) is 3.46. The third kappa shape index (κ3) is 4.18. The molecule has 3 rings (SSSR count). The van der Waals surface area contributed by atoms with E-state index in [1.165, 1.54) is 0 Å². The van der Waals surface area contributed by atoms with Gasteiger partial charge in [0.25, 0.3) is 0 Å². The standard InChI is InChI=1S/C17H23N5O2/c1-23-8-6-22(11-13-3-2-5-19-10-13)16-9-15(20-17(18)21-16)14-4-7-24-12-14/h2-3,5,9-10,14H,4,6-8,11-12H2,1H3,(H2,18,20,21)/t14-/m1/s1. The first-order chi connectivity index (χ1) is 11.8. The molecule has 0 bridgehead atoms. The number of nitrogen functional groups attached to an aromatic ring is 1. The lowest BCUT2D eigenvalue weighted by molar-refractivity contribution is 0.193. The maximum absolute atomic E-state index is 5.95. The molecular formula is C17H23N5O2. The molecule has 0 amide bonds. The summed E-state index contributed by atoms with van der Waals surface area (Å²) >= 11 is 0. The minimum atomic E-state index is 0.289. The molecule has 7 heteroatoms. The lowest BCUT2D eigenvalue weighted by Gasteiger charge is -2.24. The van der Waals surface area contributed by atoms with Gasteiger partial charge in [0, 0.05) is 51.2 Å². The van der Waals surface area contributed by atoms with Crippen LogP contribution in [0.15, 0.2) is 30.6 Å². The number of nitrogens with zero attached hydrogens (tertiary/aromatic N) is 4. The molecule has 0 saturated carbocycles. The van der Waals surface area contributed by atoms with Crippen LogP contribution < -0.4 is 10.6 Å². The number of ether oxygens (including phenoxy) is 2. The van der Waals surface area contributed by atoms with Crippen LogP contribution in [0, 0.1) is 0 Å². The average molecular weight is 329 g/mol. The first-order valence-electron chi connectivity index (χ1n) is 8.11. The van der Waals surface area contributed by atoms with Gasteiger partial charge in [0.2, 0.25) is 5.95 Å². The second kappa shape index (κ2) is 8.03. The largest absolute Gasteiger partial charge is 0.383 e. The topological polar surface area (TPSA) is 86.4 Å². The number of pyridine rings is 1. The fourth-order valence-corrected chi connectivity index (χ4v) is 2.80. The second-order valence-corrected chi connectivity index (χ2v) is 5.85. The van der Waals surface area contributed by atoms with Gasteiger partial charge in [0.05, 0.1) is 18.9 Å². The van der Waals surface area contributed by atoms with Crippen LogP contribution in [0.25, 0.3) is 0 Å². The normalized spacial score (nSPS) is 17.1. The highest BCUT2D eigenvalue weighted by atomic mass is 16.5. The van der Waals surface area contributed by atoms with Gasteiger partial charge < -0.3 is 20.1 Å². The van der Waals surface area contributed by atoms with E-state index in [0.29, 0.717) is 32.3 Å². The molecule has 0 radical (unpaired) electrons. The second-order valence-electron chi connectivity index (χ2n) is 5.85. The zero-order valence-corrected chi connectivity index (χ0v) is 13.9. The quantitative estimate of drug-likeness (QED) is 0.826. The number of rotatable bonds is 7. The molecule has 0 spiro atoms. The fourth-order valence-electron chi connectivity index (χ4n) is 2.80. The minimum absolute atomic E-state index is 0.289. The van der Waals surface area contributed by atoms with E-state index >= 15 is 0 Å². The van der Waals surface area contributed by atoms with Gasteiger partial charge in [-0.25, -0.2) is 4.98 Å². The molecule has 1 aliphatic heterocycles. The molecule has 3 heterocycles. The lowest BCUT2D eigenvalue weighted by Crippen LogP contribution is -2.28. The van der Waals surface area contributed by atoms with Gasteiger partial charge in [0.15, 0.2) is 0 Å². The van der Waals surface area contributed by atoms with Gasteiger partial charge >= 0.3 is 0 Å². The smallest absolute Gasteiger partial charge is 0.222 e. The van der Waals surface area contributed by atoms with Gasteiger partial charge in [-0.3, -0.25) is 4.98 Å². The highest BCUT2D eigenvalue weighted by Crippen LogP contribution is 2.27. The predicted octanol–water partition coefficient (Wildman–Crippen LogP) is 1.61. The van der Waals surface area contributed by atoms with Crippen LogP contribution in [0.3, 0.4) is 0 Å². The number of hydrogen-bond acceptors (Lipinski definition) is 7. The van der Waals surface area contributed by atoms with Crippen molar-refractivity contribution in [2.24, 2.45) is 0 Å². The first-order valence-corrected chi connectivity index (χ1v) is 8.11. The van der Waals surface area contributed by atoms with Gasteiger partial charge in [-0.05, 0) is 18.1 Å². The van der Waals surface area contributed by atoms with Crippen LogP contribution in [0.2, 0.25) is 0 Å². The van der Waals surface area contributed by atoms with Crippen molar-refractivity contribution in [3.05, 3.63) is 41.9 Å². The summed E-state index contributed by atoms with van der Waals surface area (Å²) in [5, 5.41) is 0. The van der Waals surface area contributed by atoms with Crippen molar-refractivity contribution in [2.75, 3.05) is 44.1 Å². The number of nitrogens with two attached hydrogens (primary N) is 1. The molecule has 2 N–H and O–H groups in total. The molecule has 2 aromatic rings. The Morgan fingerprint density at radius 2 is 2.33 bits per heavy atom. The van der Waals surface area contributed by atoms with Crippen LogP contribution in [0.1, 0.15) is 23.6 Å². The summed E-state index contributed by atoms with van der Waals surface area (Å²) in [5.74, 6) is 1.39. The molecule has 2 aromatic heterocycles. The van der Waals surface area contributed by atoms with Crippen molar-refractivity contribution >= 4 is 11.8 Å². The number of anilines is 2. The fraction of sp³-hybridized carbons (Fsp3) is 0.471. The zero-order valence-electron chi connectivity index (χ0n) is 13.9. The molecule has 0 aliphatic carbocycles. The molecular weight excluding hydrogens is 306 g/mol. The van der Waals surface area contributed by atoms with Gasteiger partial charge in [-0.15, -0.1) is 0 Å². The van der Waals surface area contributed by atoms with E-state index < -0.39 is 0 Å². The van der Waals surface area contributed by atoms with Crippen LogP contribution in [0.4, 0.5) is 11.8 Å². The Hall–Kier alpha value is -2.25. The van der Waals surface area contributed by atoms with Gasteiger partial charge in [0.1, 0.15) is 5.82 Å². The lowest BCUT2D eigenvalue weighted by atomic mass is 10.0. The number of methoxy groups -OCH3 is 1. The highest BCUT2D eigenvalue weighted by molar-refractivity contribution is 5.45. The molecule has 0 aromatic carbocycles. The Bertz CT molecular complexity index is 647.